The number of fused-ring (bicyclic) bond motifs is 11. The van der Waals surface area contributed by atoms with Crippen molar-refractivity contribution in [3.8, 4) is 33.4 Å². The van der Waals surface area contributed by atoms with E-state index >= 15 is 0 Å². The van der Waals surface area contributed by atoms with Gasteiger partial charge in [0, 0.05) is 21.5 Å². The Kier molecular flexibility index (Phi) is 6.09. The van der Waals surface area contributed by atoms with E-state index in [1.165, 1.54) is 60.0 Å². The average molecular weight is 687 g/mol. The van der Waals surface area contributed by atoms with Crippen molar-refractivity contribution >= 4 is 87.0 Å². The molecule has 0 bridgehead atoms. The lowest BCUT2D eigenvalue weighted by Crippen LogP contribution is -1.90. The number of rotatable bonds is 3. The molecule has 12 aromatic rings. The van der Waals surface area contributed by atoms with Crippen LogP contribution < -0.4 is 0 Å². The molecule has 12 rings (SSSR count). The molecule has 0 atom stereocenters. The minimum atomic E-state index is 0.889. The quantitative estimate of drug-likeness (QED) is 0.173. The summed E-state index contributed by atoms with van der Waals surface area (Å²) in [5.74, 6) is 0. The van der Waals surface area contributed by atoms with Crippen molar-refractivity contribution in [3.63, 3.8) is 0 Å². The maximum Gasteiger partial charge on any atom is 0.136 e. The predicted molar refractivity (Wildman–Crippen MR) is 227 cm³/mol. The standard InChI is InChI=1S/C52H30O2/c1-2-10-31(11-3-1)50-39-13-4-6-15-41(39)51(42-16-7-5-14-40(42)50)37-21-20-32-26-33(18-19-34(32)27-37)35-22-24-43-48(28-35)54-47-25-23-36-29-49-45(30-44(36)52(43)47)38-12-8-9-17-46(38)53-49/h1-30H. The fourth-order valence-corrected chi connectivity index (χ4v) is 8.93. The van der Waals surface area contributed by atoms with E-state index in [1.54, 1.807) is 0 Å². The van der Waals surface area contributed by atoms with E-state index in [0.29, 0.717) is 0 Å². The minimum Gasteiger partial charge on any atom is -0.456 e. The number of para-hydroxylation sites is 1. The van der Waals surface area contributed by atoms with E-state index < -0.39 is 0 Å². The maximum absolute atomic E-state index is 6.54. The topological polar surface area (TPSA) is 26.3 Å². The molecule has 0 unspecified atom stereocenters. The maximum atomic E-state index is 6.54. The van der Waals surface area contributed by atoms with Crippen molar-refractivity contribution in [2.45, 2.75) is 0 Å². The van der Waals surface area contributed by atoms with Crippen molar-refractivity contribution in [1.82, 2.24) is 0 Å². The van der Waals surface area contributed by atoms with E-state index in [9.17, 15) is 0 Å². The molecule has 0 aliphatic carbocycles. The summed E-state index contributed by atoms with van der Waals surface area (Å²) in [6.07, 6.45) is 0. The largest absolute Gasteiger partial charge is 0.456 e. The van der Waals surface area contributed by atoms with E-state index in [1.807, 2.05) is 12.1 Å². The molecule has 0 saturated heterocycles. The van der Waals surface area contributed by atoms with Crippen LogP contribution >= 0.6 is 0 Å². The molecule has 0 amide bonds. The van der Waals surface area contributed by atoms with E-state index in [-0.39, 0.29) is 0 Å². The zero-order valence-electron chi connectivity index (χ0n) is 29.1. The van der Waals surface area contributed by atoms with Gasteiger partial charge in [-0.1, -0.05) is 133 Å². The molecule has 2 heteroatoms. The van der Waals surface area contributed by atoms with Gasteiger partial charge >= 0.3 is 0 Å². The van der Waals surface area contributed by atoms with Crippen LogP contribution in [0.4, 0.5) is 0 Å². The Hall–Kier alpha value is -7.16. The third-order valence-corrected chi connectivity index (χ3v) is 11.4. The van der Waals surface area contributed by atoms with Crippen molar-refractivity contribution in [1.29, 1.82) is 0 Å². The van der Waals surface area contributed by atoms with Crippen LogP contribution in [0.5, 0.6) is 0 Å². The highest BCUT2D eigenvalue weighted by atomic mass is 16.3. The van der Waals surface area contributed by atoms with Gasteiger partial charge in [0.2, 0.25) is 0 Å². The van der Waals surface area contributed by atoms with Gasteiger partial charge in [0.05, 0.1) is 0 Å². The first kappa shape index (κ1) is 29.4. The Morgan fingerprint density at radius 1 is 0.241 bits per heavy atom. The Bertz CT molecular complexity index is 3430. The lowest BCUT2D eigenvalue weighted by molar-refractivity contribution is 0.668. The molecule has 10 aromatic carbocycles. The molecule has 0 fully saturated rings. The van der Waals surface area contributed by atoms with Crippen LogP contribution in [0.15, 0.2) is 191 Å². The van der Waals surface area contributed by atoms with Crippen LogP contribution in [0.2, 0.25) is 0 Å². The van der Waals surface area contributed by atoms with Gasteiger partial charge in [0.25, 0.3) is 0 Å². The summed E-state index contributed by atoms with van der Waals surface area (Å²) >= 11 is 0. The van der Waals surface area contributed by atoms with Crippen LogP contribution in [-0.4, -0.2) is 0 Å². The summed E-state index contributed by atoms with van der Waals surface area (Å²) in [4.78, 5) is 0. The highest BCUT2D eigenvalue weighted by molar-refractivity contribution is 6.24. The Morgan fingerprint density at radius 2 is 0.778 bits per heavy atom. The second-order valence-electron chi connectivity index (χ2n) is 14.4. The molecule has 54 heavy (non-hydrogen) atoms. The van der Waals surface area contributed by atoms with E-state index in [2.05, 4.69) is 170 Å². The molecule has 0 N–H and O–H groups in total. The van der Waals surface area contributed by atoms with Crippen LogP contribution in [-0.2, 0) is 0 Å². The van der Waals surface area contributed by atoms with Gasteiger partial charge in [-0.3, -0.25) is 0 Å². The lowest BCUT2D eigenvalue weighted by Gasteiger charge is -2.18. The molecule has 2 nitrogen and oxygen atoms in total. The fraction of sp³-hybridized carbons (Fsp3) is 0. The summed E-state index contributed by atoms with van der Waals surface area (Å²) in [5.41, 5.74) is 10.9. The van der Waals surface area contributed by atoms with Gasteiger partial charge in [-0.25, -0.2) is 0 Å². The molecule has 250 valence electrons. The predicted octanol–water partition coefficient (Wildman–Crippen LogP) is 15.1. The molecule has 0 saturated carbocycles. The summed E-state index contributed by atoms with van der Waals surface area (Å²) in [7, 11) is 0. The van der Waals surface area contributed by atoms with Crippen LogP contribution in [0.1, 0.15) is 0 Å². The molecule has 0 radical (unpaired) electrons. The van der Waals surface area contributed by atoms with E-state index in [0.717, 1.165) is 60.4 Å². The van der Waals surface area contributed by atoms with E-state index in [4.69, 9.17) is 8.83 Å². The number of benzene rings is 10. The second-order valence-corrected chi connectivity index (χ2v) is 14.4. The fourth-order valence-electron chi connectivity index (χ4n) is 8.93. The van der Waals surface area contributed by atoms with Crippen LogP contribution in [0.3, 0.4) is 0 Å². The second kappa shape index (κ2) is 11.2. The Balaban J connectivity index is 0.976. The first-order valence-electron chi connectivity index (χ1n) is 18.5. The highest BCUT2D eigenvalue weighted by Crippen LogP contribution is 2.45. The van der Waals surface area contributed by atoms with Crippen LogP contribution in [0.25, 0.3) is 120 Å². The van der Waals surface area contributed by atoms with Gasteiger partial charge in [-0.2, -0.15) is 0 Å². The first-order valence-corrected chi connectivity index (χ1v) is 18.5. The zero-order valence-corrected chi connectivity index (χ0v) is 29.1. The summed E-state index contributed by atoms with van der Waals surface area (Å²) in [5, 5.41) is 14.3. The molecule has 0 spiro atoms. The van der Waals surface area contributed by atoms with Crippen molar-refractivity contribution in [2.75, 3.05) is 0 Å². The normalized spacial score (nSPS) is 12.1. The van der Waals surface area contributed by atoms with Crippen molar-refractivity contribution in [2.24, 2.45) is 0 Å². The Morgan fingerprint density at radius 3 is 1.52 bits per heavy atom. The van der Waals surface area contributed by atoms with Crippen molar-refractivity contribution < 1.29 is 8.83 Å². The molecule has 0 aliphatic rings. The van der Waals surface area contributed by atoms with Crippen LogP contribution in [0, 0.1) is 0 Å². The third-order valence-electron chi connectivity index (χ3n) is 11.4. The summed E-state index contributed by atoms with van der Waals surface area (Å²) in [6.45, 7) is 0. The van der Waals surface area contributed by atoms with Gasteiger partial charge in [-0.15, -0.1) is 0 Å². The monoisotopic (exact) mass is 686 g/mol. The minimum absolute atomic E-state index is 0.889. The smallest absolute Gasteiger partial charge is 0.136 e. The number of hydrogen-bond acceptors (Lipinski definition) is 2. The third kappa shape index (κ3) is 4.28. The summed E-state index contributed by atoms with van der Waals surface area (Å²) < 4.78 is 12.7. The molecule has 2 heterocycles. The SMILES string of the molecule is c1ccc(-c2c3ccccc3c(-c3ccc4cc(-c5ccc6c(c5)oc5ccc7cc8oc9ccccc9c8cc7c56)ccc4c3)c3ccccc23)cc1. The molecule has 2 aromatic heterocycles. The highest BCUT2D eigenvalue weighted by Gasteiger charge is 2.18. The zero-order chi connectivity index (χ0) is 35.3. The molecular weight excluding hydrogens is 657 g/mol. The summed E-state index contributed by atoms with van der Waals surface area (Å²) in [6, 6.07) is 65.7. The molecule has 0 aliphatic heterocycles. The van der Waals surface area contributed by atoms with Crippen molar-refractivity contribution in [3.05, 3.63) is 182 Å². The molecular formula is C52H30O2. The van der Waals surface area contributed by atoms with Gasteiger partial charge in [-0.05, 0) is 125 Å². The average Bonchev–Trinajstić information content (AvgIpc) is 3.79. The first-order chi connectivity index (χ1) is 26.7. The number of furan rings is 2. The lowest BCUT2D eigenvalue weighted by atomic mass is 9.85. The number of hydrogen-bond donors (Lipinski definition) is 0. The Labute approximate surface area is 310 Å². The van der Waals surface area contributed by atoms with Gasteiger partial charge in [0.1, 0.15) is 22.3 Å². The van der Waals surface area contributed by atoms with Gasteiger partial charge in [0.15, 0.2) is 0 Å². The van der Waals surface area contributed by atoms with Gasteiger partial charge < -0.3 is 8.83 Å².